The van der Waals surface area contributed by atoms with Gasteiger partial charge in [0.05, 0.1) is 19.3 Å². The Bertz CT molecular complexity index is 398. The average Bonchev–Trinajstić information content (AvgIpc) is 2.40. The zero-order valence-corrected chi connectivity index (χ0v) is 11.3. The number of esters is 1. The molecule has 0 fully saturated rings. The minimum absolute atomic E-state index is 0.286. The maximum atomic E-state index is 11.7. The van der Waals surface area contributed by atoms with Gasteiger partial charge >= 0.3 is 5.97 Å². The Labute approximate surface area is 112 Å². The highest BCUT2D eigenvalue weighted by molar-refractivity contribution is 5.94. The molecule has 0 aliphatic rings. The Morgan fingerprint density at radius 1 is 1.58 bits per heavy atom. The molecule has 1 unspecified atom stereocenters. The van der Waals surface area contributed by atoms with Crippen molar-refractivity contribution >= 4 is 11.8 Å². The molecule has 0 bridgehead atoms. The van der Waals surface area contributed by atoms with Crippen molar-refractivity contribution in [2.75, 3.05) is 32.2 Å². The van der Waals surface area contributed by atoms with Crippen molar-refractivity contribution in [2.45, 2.75) is 19.4 Å². The van der Waals surface area contributed by atoms with E-state index in [1.165, 1.54) is 7.11 Å². The fourth-order valence-corrected chi connectivity index (χ4v) is 1.55. The van der Waals surface area contributed by atoms with Crippen LogP contribution in [0.4, 0.5) is 5.82 Å². The maximum Gasteiger partial charge on any atom is 0.341 e. The van der Waals surface area contributed by atoms with Crippen molar-refractivity contribution in [2.24, 2.45) is 0 Å². The number of pyridine rings is 1. The largest absolute Gasteiger partial charge is 0.462 e. The van der Waals surface area contributed by atoms with E-state index >= 15 is 0 Å². The summed E-state index contributed by atoms with van der Waals surface area (Å²) < 4.78 is 9.78. The Balaban J connectivity index is 2.55. The highest BCUT2D eigenvalue weighted by Crippen LogP contribution is 2.13. The van der Waals surface area contributed by atoms with Crippen LogP contribution in [0.2, 0.25) is 0 Å². The van der Waals surface area contributed by atoms with Gasteiger partial charge in [-0.15, -0.1) is 0 Å². The molecule has 0 amide bonds. The van der Waals surface area contributed by atoms with E-state index in [1.54, 1.807) is 25.3 Å². The van der Waals surface area contributed by atoms with Crippen LogP contribution in [0.3, 0.4) is 0 Å². The molecule has 6 heteroatoms. The first-order valence-corrected chi connectivity index (χ1v) is 6.22. The van der Waals surface area contributed by atoms with Gasteiger partial charge in [0, 0.05) is 19.9 Å². The fourth-order valence-electron chi connectivity index (χ4n) is 1.55. The van der Waals surface area contributed by atoms with Crippen molar-refractivity contribution < 1.29 is 19.4 Å². The molecule has 106 valence electrons. The van der Waals surface area contributed by atoms with Crippen LogP contribution < -0.4 is 5.32 Å². The van der Waals surface area contributed by atoms with E-state index < -0.39 is 12.1 Å². The summed E-state index contributed by atoms with van der Waals surface area (Å²) in [5, 5.41) is 12.5. The second-order valence-electron chi connectivity index (χ2n) is 3.94. The first-order valence-electron chi connectivity index (χ1n) is 6.22. The molecule has 1 aromatic heterocycles. The molecule has 0 radical (unpaired) electrons. The van der Waals surface area contributed by atoms with Crippen LogP contribution in [0.25, 0.3) is 0 Å². The van der Waals surface area contributed by atoms with E-state index in [2.05, 4.69) is 10.3 Å². The summed E-state index contributed by atoms with van der Waals surface area (Å²) in [6, 6.07) is 3.33. The Morgan fingerprint density at radius 3 is 3.05 bits per heavy atom. The Kier molecular flexibility index (Phi) is 6.84. The molecule has 19 heavy (non-hydrogen) atoms. The highest BCUT2D eigenvalue weighted by Gasteiger charge is 2.13. The SMILES string of the molecule is CCOC(=O)c1cccnc1NCCC(O)COC. The first-order chi connectivity index (χ1) is 9.19. The molecule has 0 saturated carbocycles. The van der Waals surface area contributed by atoms with Crippen LogP contribution in [0, 0.1) is 0 Å². The number of rotatable bonds is 8. The van der Waals surface area contributed by atoms with Crippen molar-refractivity contribution in [3.8, 4) is 0 Å². The standard InChI is InChI=1S/C13H20N2O4/c1-3-19-13(17)11-5-4-7-14-12(11)15-8-6-10(16)9-18-2/h4-5,7,10,16H,3,6,8-9H2,1-2H3,(H,14,15). The van der Waals surface area contributed by atoms with Gasteiger partial charge in [-0.05, 0) is 25.5 Å². The predicted molar refractivity (Wildman–Crippen MR) is 71.2 cm³/mol. The number of carbonyl (C=O) groups is 1. The summed E-state index contributed by atoms with van der Waals surface area (Å²) in [6.45, 7) is 2.85. The lowest BCUT2D eigenvalue weighted by molar-refractivity contribution is 0.0527. The third-order valence-corrected chi connectivity index (χ3v) is 2.43. The number of nitrogens with one attached hydrogen (secondary N) is 1. The Hall–Kier alpha value is -1.66. The number of aromatic nitrogens is 1. The second kappa shape index (κ2) is 8.44. The molecule has 1 atom stereocenters. The van der Waals surface area contributed by atoms with Gasteiger partial charge in [0.15, 0.2) is 0 Å². The lowest BCUT2D eigenvalue weighted by atomic mass is 10.2. The van der Waals surface area contributed by atoms with E-state index in [0.717, 1.165) is 0 Å². The zero-order chi connectivity index (χ0) is 14.1. The molecule has 1 rings (SSSR count). The van der Waals surface area contributed by atoms with Crippen LogP contribution in [-0.2, 0) is 9.47 Å². The van der Waals surface area contributed by atoms with E-state index in [1.807, 2.05) is 0 Å². The maximum absolute atomic E-state index is 11.7. The number of anilines is 1. The number of aliphatic hydroxyl groups excluding tert-OH is 1. The quantitative estimate of drug-likeness (QED) is 0.686. The van der Waals surface area contributed by atoms with Crippen molar-refractivity contribution in [3.63, 3.8) is 0 Å². The van der Waals surface area contributed by atoms with Gasteiger partial charge in [-0.1, -0.05) is 0 Å². The molecule has 0 aliphatic carbocycles. The van der Waals surface area contributed by atoms with Gasteiger partial charge in [0.1, 0.15) is 11.4 Å². The van der Waals surface area contributed by atoms with Crippen molar-refractivity contribution in [1.29, 1.82) is 0 Å². The number of ether oxygens (including phenoxy) is 2. The summed E-state index contributed by atoms with van der Waals surface area (Å²) >= 11 is 0. The lowest BCUT2D eigenvalue weighted by Gasteiger charge is -2.12. The molecule has 1 aromatic rings. The summed E-state index contributed by atoms with van der Waals surface area (Å²) in [4.78, 5) is 15.8. The summed E-state index contributed by atoms with van der Waals surface area (Å²) in [5.41, 5.74) is 0.394. The van der Waals surface area contributed by atoms with E-state index in [4.69, 9.17) is 9.47 Å². The summed E-state index contributed by atoms with van der Waals surface area (Å²) in [6.07, 6.45) is 1.57. The van der Waals surface area contributed by atoms with Gasteiger partial charge in [-0.3, -0.25) is 0 Å². The smallest absolute Gasteiger partial charge is 0.341 e. The molecule has 2 N–H and O–H groups in total. The molecule has 6 nitrogen and oxygen atoms in total. The molecule has 0 aromatic carbocycles. The molecule has 0 aliphatic heterocycles. The lowest BCUT2D eigenvalue weighted by Crippen LogP contribution is -2.19. The molecule has 0 spiro atoms. The molecule has 0 saturated heterocycles. The predicted octanol–water partition coefficient (Wildman–Crippen LogP) is 1.07. The van der Waals surface area contributed by atoms with E-state index in [-0.39, 0.29) is 6.61 Å². The minimum atomic E-state index is -0.535. The van der Waals surface area contributed by atoms with E-state index in [9.17, 15) is 9.90 Å². The third-order valence-electron chi connectivity index (χ3n) is 2.43. The van der Waals surface area contributed by atoms with Gasteiger partial charge in [0.2, 0.25) is 0 Å². The topological polar surface area (TPSA) is 80.7 Å². The normalized spacial score (nSPS) is 11.9. The average molecular weight is 268 g/mol. The van der Waals surface area contributed by atoms with Crippen molar-refractivity contribution in [3.05, 3.63) is 23.9 Å². The number of carbonyl (C=O) groups excluding carboxylic acids is 1. The van der Waals surface area contributed by atoms with Gasteiger partial charge in [0.25, 0.3) is 0 Å². The minimum Gasteiger partial charge on any atom is -0.462 e. The summed E-state index contributed by atoms with van der Waals surface area (Å²) in [7, 11) is 1.54. The number of methoxy groups -OCH3 is 1. The molecular weight excluding hydrogens is 248 g/mol. The van der Waals surface area contributed by atoms with Gasteiger partial charge in [-0.2, -0.15) is 0 Å². The number of nitrogens with zero attached hydrogens (tertiary/aromatic N) is 1. The Morgan fingerprint density at radius 2 is 2.37 bits per heavy atom. The second-order valence-corrected chi connectivity index (χ2v) is 3.94. The van der Waals surface area contributed by atoms with E-state index in [0.29, 0.717) is 31.0 Å². The molecule has 1 heterocycles. The third kappa shape index (κ3) is 5.23. The molecular formula is C13H20N2O4. The zero-order valence-electron chi connectivity index (χ0n) is 11.3. The number of hydrogen-bond donors (Lipinski definition) is 2. The van der Waals surface area contributed by atoms with Crippen molar-refractivity contribution in [1.82, 2.24) is 4.98 Å². The van der Waals surface area contributed by atoms with Gasteiger partial charge in [-0.25, -0.2) is 9.78 Å². The van der Waals surface area contributed by atoms with Crippen LogP contribution >= 0.6 is 0 Å². The number of aliphatic hydroxyl groups is 1. The monoisotopic (exact) mass is 268 g/mol. The highest BCUT2D eigenvalue weighted by atomic mass is 16.5. The summed E-state index contributed by atoms with van der Waals surface area (Å²) in [5.74, 6) is 0.0566. The fraction of sp³-hybridized carbons (Fsp3) is 0.538. The van der Waals surface area contributed by atoms with Crippen LogP contribution in [-0.4, -0.2) is 49.0 Å². The van der Waals surface area contributed by atoms with Gasteiger partial charge < -0.3 is 19.9 Å². The van der Waals surface area contributed by atoms with Crippen LogP contribution in [0.5, 0.6) is 0 Å². The number of hydrogen-bond acceptors (Lipinski definition) is 6. The van der Waals surface area contributed by atoms with Crippen LogP contribution in [0.1, 0.15) is 23.7 Å². The first kappa shape index (κ1) is 15.4. The van der Waals surface area contributed by atoms with Crippen LogP contribution in [0.15, 0.2) is 18.3 Å².